The maximum absolute atomic E-state index is 13.1. The number of carbonyl (C=O) groups is 1. The highest BCUT2D eigenvalue weighted by Gasteiger charge is 2.57. The van der Waals surface area contributed by atoms with Crippen LogP contribution < -0.4 is 9.47 Å². The normalized spacial score (nSPS) is 34.3. The van der Waals surface area contributed by atoms with Gasteiger partial charge in [-0.3, -0.25) is 4.79 Å². The SMILES string of the molecule is COc1cc(C[C@]2(C)C(=O)CC[C@@]3(C)[C@H]2CCC[C@@H]3O)c(Cl)c(OC)c1. The number of methoxy groups -OCH3 is 2. The average Bonchev–Trinajstić information content (AvgIpc) is 2.62. The fourth-order valence-corrected chi connectivity index (χ4v) is 5.55. The Morgan fingerprint density at radius 3 is 2.62 bits per heavy atom. The van der Waals surface area contributed by atoms with Crippen LogP contribution in [0.1, 0.15) is 51.5 Å². The number of Topliss-reactive ketones (excluding diaryl/α,β-unsaturated/α-hetero) is 1. The molecule has 0 spiro atoms. The lowest BCUT2D eigenvalue weighted by atomic mass is 9.48. The topological polar surface area (TPSA) is 55.8 Å². The molecule has 0 saturated heterocycles. The summed E-state index contributed by atoms with van der Waals surface area (Å²) in [5.74, 6) is 1.64. The third-order valence-electron chi connectivity index (χ3n) is 6.93. The highest BCUT2D eigenvalue weighted by atomic mass is 35.5. The minimum Gasteiger partial charge on any atom is -0.497 e. The number of fused-ring (bicyclic) bond motifs is 1. The summed E-state index contributed by atoms with van der Waals surface area (Å²) in [5, 5.41) is 11.2. The molecule has 4 nitrogen and oxygen atoms in total. The molecule has 0 heterocycles. The minimum absolute atomic E-state index is 0.147. The van der Waals surface area contributed by atoms with Gasteiger partial charge in [0.15, 0.2) is 0 Å². The van der Waals surface area contributed by atoms with Crippen molar-refractivity contribution < 1.29 is 19.4 Å². The van der Waals surface area contributed by atoms with Gasteiger partial charge in [0, 0.05) is 17.9 Å². The van der Waals surface area contributed by atoms with Gasteiger partial charge in [0.05, 0.1) is 25.3 Å². The molecule has 26 heavy (non-hydrogen) atoms. The molecule has 2 saturated carbocycles. The zero-order chi connectivity index (χ0) is 19.1. The molecule has 0 amide bonds. The molecule has 0 aromatic heterocycles. The van der Waals surface area contributed by atoms with Gasteiger partial charge in [0.25, 0.3) is 0 Å². The number of hydrogen-bond donors (Lipinski definition) is 1. The van der Waals surface area contributed by atoms with Crippen molar-refractivity contribution in [2.24, 2.45) is 16.7 Å². The molecule has 0 unspecified atom stereocenters. The number of aliphatic hydroxyl groups is 1. The molecule has 2 aliphatic rings. The summed E-state index contributed by atoms with van der Waals surface area (Å²) in [6.45, 7) is 4.21. The minimum atomic E-state index is -0.546. The van der Waals surface area contributed by atoms with Crippen molar-refractivity contribution in [3.8, 4) is 11.5 Å². The third-order valence-corrected chi connectivity index (χ3v) is 7.35. The van der Waals surface area contributed by atoms with Crippen molar-refractivity contribution in [2.45, 2.75) is 58.5 Å². The van der Waals surface area contributed by atoms with Crippen molar-refractivity contribution >= 4 is 17.4 Å². The second-order valence-electron chi connectivity index (χ2n) is 8.33. The Hall–Kier alpha value is -1.26. The van der Waals surface area contributed by atoms with Gasteiger partial charge in [-0.05, 0) is 48.6 Å². The van der Waals surface area contributed by atoms with E-state index in [-0.39, 0.29) is 23.2 Å². The fourth-order valence-electron chi connectivity index (χ4n) is 5.30. The largest absolute Gasteiger partial charge is 0.497 e. The predicted octanol–water partition coefficient (Wildman–Crippen LogP) is 4.44. The molecule has 0 bridgehead atoms. The Morgan fingerprint density at radius 2 is 1.96 bits per heavy atom. The van der Waals surface area contributed by atoms with E-state index in [1.807, 2.05) is 6.07 Å². The quantitative estimate of drug-likeness (QED) is 0.839. The van der Waals surface area contributed by atoms with E-state index in [1.165, 1.54) is 0 Å². The standard InChI is InChI=1S/C21H29ClO4/c1-20-9-8-18(24)21(2,16(20)6-5-7-17(20)23)12-13-10-14(25-3)11-15(26-4)19(13)22/h10-11,16-17,23H,5-9,12H2,1-4H3/t16-,17+,20+,21+/m1/s1. The van der Waals surface area contributed by atoms with Crippen LogP contribution in [0.15, 0.2) is 12.1 Å². The van der Waals surface area contributed by atoms with Gasteiger partial charge in [-0.15, -0.1) is 0 Å². The Balaban J connectivity index is 2.03. The molecule has 2 fully saturated rings. The van der Waals surface area contributed by atoms with Crippen LogP contribution in [0, 0.1) is 16.7 Å². The van der Waals surface area contributed by atoms with Gasteiger partial charge < -0.3 is 14.6 Å². The first-order valence-corrected chi connectivity index (χ1v) is 9.76. The molecule has 144 valence electrons. The van der Waals surface area contributed by atoms with Crippen LogP contribution in [0.2, 0.25) is 5.02 Å². The summed E-state index contributed by atoms with van der Waals surface area (Å²) in [4.78, 5) is 13.1. The van der Waals surface area contributed by atoms with Crippen LogP contribution in [0.25, 0.3) is 0 Å². The summed E-state index contributed by atoms with van der Waals surface area (Å²) >= 11 is 6.56. The van der Waals surface area contributed by atoms with E-state index >= 15 is 0 Å². The lowest BCUT2D eigenvalue weighted by molar-refractivity contribution is -0.156. The average molecular weight is 381 g/mol. The van der Waals surface area contributed by atoms with Gasteiger partial charge in [0.1, 0.15) is 17.3 Å². The van der Waals surface area contributed by atoms with E-state index in [0.29, 0.717) is 29.4 Å². The van der Waals surface area contributed by atoms with Crippen molar-refractivity contribution in [1.82, 2.24) is 0 Å². The highest BCUT2D eigenvalue weighted by Crippen LogP contribution is 2.58. The molecule has 1 aromatic carbocycles. The van der Waals surface area contributed by atoms with Crippen molar-refractivity contribution in [2.75, 3.05) is 14.2 Å². The second kappa shape index (κ2) is 7.05. The fraction of sp³-hybridized carbons (Fsp3) is 0.667. The van der Waals surface area contributed by atoms with Gasteiger partial charge in [0.2, 0.25) is 0 Å². The predicted molar refractivity (Wildman–Crippen MR) is 102 cm³/mol. The number of halogens is 1. The lowest BCUT2D eigenvalue weighted by Gasteiger charge is -2.56. The Bertz CT molecular complexity index is 703. The number of ketones is 1. The zero-order valence-corrected chi connectivity index (χ0v) is 16.9. The molecule has 4 atom stereocenters. The van der Waals surface area contributed by atoms with E-state index in [9.17, 15) is 9.90 Å². The lowest BCUT2D eigenvalue weighted by Crippen LogP contribution is -2.56. The Labute approximate surface area is 160 Å². The number of carbonyl (C=O) groups excluding carboxylic acids is 1. The number of hydrogen-bond acceptors (Lipinski definition) is 4. The molecule has 0 aliphatic heterocycles. The first-order valence-electron chi connectivity index (χ1n) is 9.38. The van der Waals surface area contributed by atoms with Gasteiger partial charge in [-0.2, -0.15) is 0 Å². The third kappa shape index (κ3) is 3.01. The Morgan fingerprint density at radius 1 is 1.23 bits per heavy atom. The van der Waals surface area contributed by atoms with E-state index in [2.05, 4.69) is 13.8 Å². The monoisotopic (exact) mass is 380 g/mol. The maximum atomic E-state index is 13.1. The summed E-state index contributed by atoms with van der Waals surface area (Å²) in [7, 11) is 3.18. The summed E-state index contributed by atoms with van der Waals surface area (Å²) in [6, 6.07) is 3.65. The van der Waals surface area contributed by atoms with Crippen LogP contribution in [0.5, 0.6) is 11.5 Å². The first kappa shape index (κ1) is 19.5. The van der Waals surface area contributed by atoms with Gasteiger partial charge in [-0.1, -0.05) is 31.9 Å². The van der Waals surface area contributed by atoms with Crippen LogP contribution in [0.3, 0.4) is 0 Å². The van der Waals surface area contributed by atoms with Crippen molar-refractivity contribution in [3.63, 3.8) is 0 Å². The van der Waals surface area contributed by atoms with Gasteiger partial charge in [-0.25, -0.2) is 0 Å². The maximum Gasteiger partial charge on any atom is 0.141 e. The summed E-state index contributed by atoms with van der Waals surface area (Å²) in [5.41, 5.74) is 0.106. The highest BCUT2D eigenvalue weighted by molar-refractivity contribution is 6.33. The zero-order valence-electron chi connectivity index (χ0n) is 16.1. The van der Waals surface area contributed by atoms with E-state index in [1.54, 1.807) is 20.3 Å². The van der Waals surface area contributed by atoms with Crippen LogP contribution >= 0.6 is 11.6 Å². The number of benzene rings is 1. The number of ether oxygens (including phenoxy) is 2. The van der Waals surface area contributed by atoms with Crippen molar-refractivity contribution in [1.29, 1.82) is 0 Å². The molecular formula is C21H29ClO4. The molecular weight excluding hydrogens is 352 g/mol. The number of aliphatic hydroxyl groups excluding tert-OH is 1. The van der Waals surface area contributed by atoms with E-state index in [4.69, 9.17) is 21.1 Å². The molecule has 3 rings (SSSR count). The first-order chi connectivity index (χ1) is 12.3. The molecule has 0 radical (unpaired) electrons. The van der Waals surface area contributed by atoms with Crippen LogP contribution in [-0.2, 0) is 11.2 Å². The number of rotatable bonds is 4. The smallest absolute Gasteiger partial charge is 0.141 e. The molecule has 2 aliphatic carbocycles. The molecule has 1 N–H and O–H groups in total. The van der Waals surface area contributed by atoms with Crippen LogP contribution in [-0.4, -0.2) is 31.2 Å². The summed E-state index contributed by atoms with van der Waals surface area (Å²) < 4.78 is 10.8. The second-order valence-corrected chi connectivity index (χ2v) is 8.70. The van der Waals surface area contributed by atoms with Gasteiger partial charge >= 0.3 is 0 Å². The summed E-state index contributed by atoms with van der Waals surface area (Å²) in [6.07, 6.45) is 4.22. The molecule has 5 heteroatoms. The van der Waals surface area contributed by atoms with E-state index in [0.717, 1.165) is 31.2 Å². The Kier molecular flexibility index (Phi) is 5.28. The van der Waals surface area contributed by atoms with Crippen LogP contribution in [0.4, 0.5) is 0 Å². The van der Waals surface area contributed by atoms with E-state index < -0.39 is 5.41 Å². The molecule has 1 aromatic rings. The van der Waals surface area contributed by atoms with Crippen molar-refractivity contribution in [3.05, 3.63) is 22.7 Å².